The summed E-state index contributed by atoms with van der Waals surface area (Å²) in [6.45, 7) is 2.32. The van der Waals surface area contributed by atoms with Crippen LogP contribution in [-0.4, -0.2) is 20.2 Å². The molecule has 118 valence electrons. The quantitative estimate of drug-likeness (QED) is 0.405. The summed E-state index contributed by atoms with van der Waals surface area (Å²) < 4.78 is 6.93. The minimum Gasteiger partial charge on any atom is -0.431 e. The molecular weight excluding hydrogens is 318 g/mol. The van der Waals surface area contributed by atoms with E-state index in [-0.39, 0.29) is 11.2 Å². The number of pyridine rings is 1. The Kier molecular flexibility index (Phi) is 4.16. The predicted octanol–water partition coefficient (Wildman–Crippen LogP) is 3.00. The summed E-state index contributed by atoms with van der Waals surface area (Å²) in [5.74, 6) is 0.521. The molecule has 0 fully saturated rings. The van der Waals surface area contributed by atoms with Crippen LogP contribution >= 0.6 is 11.8 Å². The fraction of sp³-hybridized carbons (Fsp3) is 0.200. The van der Waals surface area contributed by atoms with Crippen LogP contribution in [0.15, 0.2) is 51.0 Å². The van der Waals surface area contributed by atoms with Crippen molar-refractivity contribution in [3.8, 4) is 0 Å². The summed E-state index contributed by atoms with van der Waals surface area (Å²) in [6.07, 6.45) is 1.25. The molecule has 0 bridgehead atoms. The summed E-state index contributed by atoms with van der Waals surface area (Å²) >= 11 is 1.36. The lowest BCUT2D eigenvalue weighted by Gasteiger charge is -2.03. The molecule has 0 saturated heterocycles. The van der Waals surface area contributed by atoms with Crippen LogP contribution in [0.25, 0.3) is 11.1 Å². The van der Waals surface area contributed by atoms with Crippen LogP contribution in [0.4, 0.5) is 5.69 Å². The highest BCUT2D eigenvalue weighted by Gasteiger charge is 2.09. The molecule has 1 aromatic carbocycles. The van der Waals surface area contributed by atoms with Gasteiger partial charge in [-0.05, 0) is 24.6 Å². The molecule has 7 nitrogen and oxygen atoms in total. The highest BCUT2D eigenvalue weighted by molar-refractivity contribution is 7.99. The van der Waals surface area contributed by atoms with Crippen molar-refractivity contribution in [2.24, 2.45) is 0 Å². The Morgan fingerprint density at radius 3 is 2.96 bits per heavy atom. The maximum absolute atomic E-state index is 11.7. The zero-order valence-corrected chi connectivity index (χ0v) is 13.1. The van der Waals surface area contributed by atoms with E-state index in [1.165, 1.54) is 34.7 Å². The van der Waals surface area contributed by atoms with Gasteiger partial charge in [0.25, 0.3) is 16.5 Å². The smallest absolute Gasteiger partial charge is 0.285 e. The average Bonchev–Trinajstić information content (AvgIpc) is 2.90. The van der Waals surface area contributed by atoms with Crippen LogP contribution in [0.2, 0.25) is 0 Å². The number of oxazole rings is 1. The second-order valence-corrected chi connectivity index (χ2v) is 6.02. The fourth-order valence-corrected chi connectivity index (χ4v) is 2.89. The normalized spacial score (nSPS) is 11.0. The van der Waals surface area contributed by atoms with Gasteiger partial charge >= 0.3 is 0 Å². The molecule has 0 aliphatic carbocycles. The van der Waals surface area contributed by atoms with Gasteiger partial charge in [-0.15, -0.1) is 0 Å². The van der Waals surface area contributed by atoms with E-state index >= 15 is 0 Å². The van der Waals surface area contributed by atoms with E-state index in [4.69, 9.17) is 4.42 Å². The van der Waals surface area contributed by atoms with Crippen molar-refractivity contribution >= 4 is 28.5 Å². The number of nitrogens with zero attached hydrogens (tertiary/aromatic N) is 3. The van der Waals surface area contributed by atoms with E-state index in [1.54, 1.807) is 0 Å². The van der Waals surface area contributed by atoms with E-state index in [2.05, 4.69) is 4.98 Å². The molecule has 0 radical (unpaired) electrons. The molecule has 0 aliphatic heterocycles. The van der Waals surface area contributed by atoms with E-state index in [0.717, 1.165) is 11.1 Å². The lowest BCUT2D eigenvalue weighted by atomic mass is 10.2. The van der Waals surface area contributed by atoms with Crippen LogP contribution in [0.5, 0.6) is 0 Å². The van der Waals surface area contributed by atoms with Crippen molar-refractivity contribution < 1.29 is 9.34 Å². The number of hydrogen-bond acceptors (Lipinski definition) is 6. The third-order valence-electron chi connectivity index (χ3n) is 3.26. The highest BCUT2D eigenvalue weighted by Crippen LogP contribution is 2.24. The van der Waals surface area contributed by atoms with Crippen molar-refractivity contribution in [3.05, 3.63) is 62.6 Å². The monoisotopic (exact) mass is 331 g/mol. The Morgan fingerprint density at radius 2 is 2.17 bits per heavy atom. The first kappa shape index (κ1) is 15.3. The van der Waals surface area contributed by atoms with Gasteiger partial charge in [-0.1, -0.05) is 17.8 Å². The molecule has 0 spiro atoms. The van der Waals surface area contributed by atoms with Crippen molar-refractivity contribution in [3.63, 3.8) is 0 Å². The number of hydrogen-bond donors (Lipinski definition) is 0. The van der Waals surface area contributed by atoms with Gasteiger partial charge < -0.3 is 8.98 Å². The first-order valence-electron chi connectivity index (χ1n) is 6.88. The third kappa shape index (κ3) is 3.42. The van der Waals surface area contributed by atoms with Crippen molar-refractivity contribution in [2.45, 2.75) is 18.7 Å². The molecule has 3 rings (SSSR count). The molecule has 8 heteroatoms. The van der Waals surface area contributed by atoms with Gasteiger partial charge in [-0.25, -0.2) is 4.98 Å². The molecule has 0 aliphatic rings. The van der Waals surface area contributed by atoms with Gasteiger partial charge in [0.05, 0.1) is 11.1 Å². The molecule has 2 aromatic heterocycles. The maximum Gasteiger partial charge on any atom is 0.285 e. The Labute approximate surface area is 135 Å². The van der Waals surface area contributed by atoms with Crippen LogP contribution in [0, 0.1) is 17.0 Å². The first-order valence-corrected chi connectivity index (χ1v) is 7.86. The predicted molar refractivity (Wildman–Crippen MR) is 86.8 cm³/mol. The largest absolute Gasteiger partial charge is 0.431 e. The topological polar surface area (TPSA) is 91.2 Å². The standard InChI is InChI=1S/C15H13N3O4S/c1-10-2-4-13-12(8-10)16-15(22-13)23-7-6-17-9-11(18(20)21)3-5-14(17)19/h2-5,8-9H,6-7H2,1H3. The third-order valence-corrected chi connectivity index (χ3v) is 4.07. The Balaban J connectivity index is 1.70. The van der Waals surface area contributed by atoms with Gasteiger partial charge in [0.2, 0.25) is 0 Å². The number of aryl methyl sites for hydroxylation is 2. The molecule has 0 amide bonds. The lowest BCUT2D eigenvalue weighted by molar-refractivity contribution is -0.385. The molecule has 2 heterocycles. The Bertz CT molecular complexity index is 932. The number of benzene rings is 1. The maximum atomic E-state index is 11.7. The molecular formula is C15H13N3O4S. The molecule has 0 N–H and O–H groups in total. The fourth-order valence-electron chi connectivity index (χ4n) is 2.11. The molecule has 0 unspecified atom stereocenters. The number of nitro groups is 1. The van der Waals surface area contributed by atoms with E-state index < -0.39 is 4.92 Å². The first-order chi connectivity index (χ1) is 11.0. The van der Waals surface area contributed by atoms with Crippen molar-refractivity contribution in [1.29, 1.82) is 0 Å². The van der Waals surface area contributed by atoms with Gasteiger partial charge in [-0.3, -0.25) is 14.9 Å². The Morgan fingerprint density at radius 1 is 1.35 bits per heavy atom. The minimum atomic E-state index is -0.522. The van der Waals surface area contributed by atoms with Gasteiger partial charge in [0.15, 0.2) is 5.58 Å². The summed E-state index contributed by atoms with van der Waals surface area (Å²) in [6, 6.07) is 8.16. The van der Waals surface area contributed by atoms with Crippen molar-refractivity contribution in [1.82, 2.24) is 9.55 Å². The zero-order chi connectivity index (χ0) is 16.4. The van der Waals surface area contributed by atoms with Crippen molar-refractivity contribution in [2.75, 3.05) is 5.75 Å². The SMILES string of the molecule is Cc1ccc2oc(SCCn3cc([N+](=O)[O-])ccc3=O)nc2c1. The number of fused-ring (bicyclic) bond motifs is 1. The van der Waals surface area contributed by atoms with Crippen LogP contribution in [0.1, 0.15) is 5.56 Å². The molecule has 0 saturated carbocycles. The summed E-state index contributed by atoms with van der Waals surface area (Å²) in [5.41, 5.74) is 2.23. The zero-order valence-electron chi connectivity index (χ0n) is 12.3. The average molecular weight is 331 g/mol. The van der Waals surface area contributed by atoms with E-state index in [9.17, 15) is 14.9 Å². The van der Waals surface area contributed by atoms with E-state index in [0.29, 0.717) is 23.1 Å². The molecule has 23 heavy (non-hydrogen) atoms. The van der Waals surface area contributed by atoms with E-state index in [1.807, 2.05) is 25.1 Å². The van der Waals surface area contributed by atoms with Crippen LogP contribution in [-0.2, 0) is 6.54 Å². The van der Waals surface area contributed by atoms with Gasteiger partial charge in [0.1, 0.15) is 5.52 Å². The summed E-state index contributed by atoms with van der Waals surface area (Å²) in [4.78, 5) is 26.3. The summed E-state index contributed by atoms with van der Waals surface area (Å²) in [5, 5.41) is 11.3. The second kappa shape index (κ2) is 6.25. The number of rotatable bonds is 5. The van der Waals surface area contributed by atoms with Crippen LogP contribution < -0.4 is 5.56 Å². The van der Waals surface area contributed by atoms with Gasteiger partial charge in [0, 0.05) is 24.4 Å². The summed E-state index contributed by atoms with van der Waals surface area (Å²) in [7, 11) is 0. The minimum absolute atomic E-state index is 0.105. The highest BCUT2D eigenvalue weighted by atomic mass is 32.2. The molecule has 3 aromatic rings. The number of thioether (sulfide) groups is 1. The lowest BCUT2D eigenvalue weighted by Crippen LogP contribution is -2.19. The molecule has 0 atom stereocenters. The van der Waals surface area contributed by atoms with Crippen LogP contribution in [0.3, 0.4) is 0 Å². The Hall–Kier alpha value is -2.61. The number of aromatic nitrogens is 2. The second-order valence-electron chi connectivity index (χ2n) is 4.98. The van der Waals surface area contributed by atoms with Gasteiger partial charge in [-0.2, -0.15) is 0 Å².